The van der Waals surface area contributed by atoms with Crippen LogP contribution in [0.5, 0.6) is 0 Å². The molecule has 1 aromatic carbocycles. The number of aliphatic carboxylic acids is 1. The second-order valence-electron chi connectivity index (χ2n) is 3.64. The number of hydrogen-bond acceptors (Lipinski definition) is 2. The molecule has 0 bridgehead atoms. The van der Waals surface area contributed by atoms with Gasteiger partial charge in [0.05, 0.1) is 6.33 Å². The van der Waals surface area contributed by atoms with Crippen LogP contribution in [0.3, 0.4) is 0 Å². The summed E-state index contributed by atoms with van der Waals surface area (Å²) in [5.74, 6) is -0.913. The minimum atomic E-state index is -0.913. The maximum absolute atomic E-state index is 11.1. The normalized spacial score (nSPS) is 11.4. The summed E-state index contributed by atoms with van der Waals surface area (Å²) in [5, 5.41) is 9.13. The van der Waals surface area contributed by atoms with Crippen molar-refractivity contribution in [2.24, 2.45) is 0 Å². The van der Waals surface area contributed by atoms with Gasteiger partial charge in [-0.25, -0.2) is 9.78 Å². The standard InChI is InChI=1S/C13H12N2O2/c16-13(17)11(7-12-8-14-9-15-12)6-10-4-2-1-3-5-10/h1-6,8-9H,7H2,(H,14,15)(H,16,17). The SMILES string of the molecule is O=C(O)C(=Cc1ccccc1)Cc1cnc[nH]1. The second-order valence-corrected chi connectivity index (χ2v) is 3.64. The van der Waals surface area contributed by atoms with Gasteiger partial charge >= 0.3 is 5.97 Å². The van der Waals surface area contributed by atoms with Gasteiger partial charge in [-0.1, -0.05) is 30.3 Å². The van der Waals surface area contributed by atoms with E-state index in [-0.39, 0.29) is 0 Å². The number of imidazole rings is 1. The lowest BCUT2D eigenvalue weighted by atomic mass is 10.1. The highest BCUT2D eigenvalue weighted by atomic mass is 16.4. The number of benzene rings is 1. The predicted octanol–water partition coefficient (Wildman–Crippen LogP) is 2.12. The van der Waals surface area contributed by atoms with Gasteiger partial charge in [0, 0.05) is 23.9 Å². The summed E-state index contributed by atoms with van der Waals surface area (Å²) >= 11 is 0. The van der Waals surface area contributed by atoms with Gasteiger partial charge in [0.25, 0.3) is 0 Å². The van der Waals surface area contributed by atoms with Gasteiger partial charge < -0.3 is 10.1 Å². The lowest BCUT2D eigenvalue weighted by Gasteiger charge is -2.00. The van der Waals surface area contributed by atoms with Gasteiger partial charge in [-0.3, -0.25) is 0 Å². The molecule has 0 atom stereocenters. The minimum absolute atomic E-state index is 0.334. The number of rotatable bonds is 4. The van der Waals surface area contributed by atoms with Crippen molar-refractivity contribution in [3.63, 3.8) is 0 Å². The van der Waals surface area contributed by atoms with E-state index in [2.05, 4.69) is 9.97 Å². The smallest absolute Gasteiger partial charge is 0.331 e. The van der Waals surface area contributed by atoms with Crippen LogP contribution in [-0.2, 0) is 11.2 Å². The summed E-state index contributed by atoms with van der Waals surface area (Å²) in [5.41, 5.74) is 2.00. The Morgan fingerprint density at radius 3 is 2.71 bits per heavy atom. The van der Waals surface area contributed by atoms with E-state index in [0.29, 0.717) is 12.0 Å². The molecule has 0 aliphatic heterocycles. The van der Waals surface area contributed by atoms with Gasteiger partial charge in [0.2, 0.25) is 0 Å². The number of nitrogens with one attached hydrogen (secondary N) is 1. The molecular weight excluding hydrogens is 216 g/mol. The van der Waals surface area contributed by atoms with Gasteiger partial charge in [-0.05, 0) is 11.6 Å². The molecule has 0 saturated carbocycles. The minimum Gasteiger partial charge on any atom is -0.478 e. The van der Waals surface area contributed by atoms with E-state index in [4.69, 9.17) is 5.11 Å². The molecule has 1 aromatic heterocycles. The first-order valence-corrected chi connectivity index (χ1v) is 5.22. The molecule has 0 unspecified atom stereocenters. The molecule has 4 nitrogen and oxygen atoms in total. The Morgan fingerprint density at radius 1 is 1.35 bits per heavy atom. The highest BCUT2D eigenvalue weighted by molar-refractivity contribution is 5.92. The van der Waals surface area contributed by atoms with Crippen molar-refractivity contribution >= 4 is 12.0 Å². The zero-order valence-electron chi connectivity index (χ0n) is 9.13. The lowest BCUT2D eigenvalue weighted by molar-refractivity contribution is -0.132. The molecule has 0 spiro atoms. The van der Waals surface area contributed by atoms with Crippen LogP contribution in [0, 0.1) is 0 Å². The van der Waals surface area contributed by atoms with E-state index < -0.39 is 5.97 Å². The fraction of sp³-hybridized carbons (Fsp3) is 0.0769. The number of aromatic amines is 1. The molecule has 86 valence electrons. The summed E-state index contributed by atoms with van der Waals surface area (Å²) < 4.78 is 0. The van der Waals surface area contributed by atoms with Crippen molar-refractivity contribution in [1.82, 2.24) is 9.97 Å². The van der Waals surface area contributed by atoms with Crippen LogP contribution in [0.4, 0.5) is 0 Å². The highest BCUT2D eigenvalue weighted by Gasteiger charge is 2.09. The monoisotopic (exact) mass is 228 g/mol. The van der Waals surface area contributed by atoms with Crippen LogP contribution in [0.15, 0.2) is 48.4 Å². The average molecular weight is 228 g/mol. The van der Waals surface area contributed by atoms with Crippen LogP contribution < -0.4 is 0 Å². The molecule has 0 radical (unpaired) electrons. The fourth-order valence-corrected chi connectivity index (χ4v) is 1.53. The van der Waals surface area contributed by atoms with E-state index in [9.17, 15) is 4.79 Å². The molecule has 0 saturated heterocycles. The topological polar surface area (TPSA) is 66.0 Å². The Kier molecular flexibility index (Phi) is 3.35. The van der Waals surface area contributed by atoms with Crippen LogP contribution in [-0.4, -0.2) is 21.0 Å². The van der Waals surface area contributed by atoms with Crippen LogP contribution in [0.25, 0.3) is 6.08 Å². The van der Waals surface area contributed by atoms with Crippen molar-refractivity contribution in [1.29, 1.82) is 0 Å². The molecule has 2 N–H and O–H groups in total. The predicted molar refractivity (Wildman–Crippen MR) is 64.3 cm³/mol. The summed E-state index contributed by atoms with van der Waals surface area (Å²) in [6, 6.07) is 9.39. The van der Waals surface area contributed by atoms with Crippen molar-refractivity contribution < 1.29 is 9.90 Å². The molecule has 0 amide bonds. The maximum Gasteiger partial charge on any atom is 0.331 e. The Bertz CT molecular complexity index is 516. The zero-order valence-corrected chi connectivity index (χ0v) is 9.13. The molecule has 17 heavy (non-hydrogen) atoms. The molecule has 1 heterocycles. The molecule has 4 heteroatoms. The third kappa shape index (κ3) is 3.04. The van der Waals surface area contributed by atoms with E-state index in [1.807, 2.05) is 30.3 Å². The third-order valence-electron chi connectivity index (χ3n) is 2.35. The number of aromatic nitrogens is 2. The number of carbonyl (C=O) groups is 1. The Hall–Kier alpha value is -2.36. The summed E-state index contributed by atoms with van der Waals surface area (Å²) in [7, 11) is 0. The number of H-pyrrole nitrogens is 1. The Balaban J connectivity index is 2.24. The Morgan fingerprint density at radius 2 is 2.12 bits per heavy atom. The number of carboxylic acids is 1. The lowest BCUT2D eigenvalue weighted by Crippen LogP contribution is -2.04. The number of nitrogens with zero attached hydrogens (tertiary/aromatic N) is 1. The van der Waals surface area contributed by atoms with Crippen molar-refractivity contribution in [2.45, 2.75) is 6.42 Å². The van der Waals surface area contributed by atoms with Crippen molar-refractivity contribution in [3.8, 4) is 0 Å². The number of hydrogen-bond donors (Lipinski definition) is 2. The van der Waals surface area contributed by atoms with E-state index in [1.165, 1.54) is 6.33 Å². The van der Waals surface area contributed by atoms with Crippen LogP contribution in [0.2, 0.25) is 0 Å². The molecule has 0 aliphatic carbocycles. The molecular formula is C13H12N2O2. The maximum atomic E-state index is 11.1. The summed E-state index contributed by atoms with van der Waals surface area (Å²) in [6.45, 7) is 0. The van der Waals surface area contributed by atoms with Crippen molar-refractivity contribution in [2.75, 3.05) is 0 Å². The largest absolute Gasteiger partial charge is 0.478 e. The van der Waals surface area contributed by atoms with Gasteiger partial charge in [0.15, 0.2) is 0 Å². The fourth-order valence-electron chi connectivity index (χ4n) is 1.53. The first-order chi connectivity index (χ1) is 8.25. The first-order valence-electron chi connectivity index (χ1n) is 5.22. The average Bonchev–Trinajstić information content (AvgIpc) is 2.82. The Labute approximate surface area is 98.6 Å². The molecule has 0 fully saturated rings. The first kappa shape index (κ1) is 11.1. The van der Waals surface area contributed by atoms with E-state index >= 15 is 0 Å². The van der Waals surface area contributed by atoms with Crippen LogP contribution in [0.1, 0.15) is 11.3 Å². The van der Waals surface area contributed by atoms with E-state index in [1.54, 1.807) is 12.3 Å². The van der Waals surface area contributed by atoms with Gasteiger partial charge in [-0.15, -0.1) is 0 Å². The molecule has 2 aromatic rings. The third-order valence-corrected chi connectivity index (χ3v) is 2.35. The van der Waals surface area contributed by atoms with Gasteiger partial charge in [0.1, 0.15) is 0 Å². The summed E-state index contributed by atoms with van der Waals surface area (Å²) in [6.07, 6.45) is 5.17. The van der Waals surface area contributed by atoms with E-state index in [0.717, 1.165) is 11.3 Å². The zero-order chi connectivity index (χ0) is 12.1. The second kappa shape index (κ2) is 5.12. The quantitative estimate of drug-likeness (QED) is 0.788. The number of carboxylic acid groups (broad SMARTS) is 1. The highest BCUT2D eigenvalue weighted by Crippen LogP contribution is 2.11. The molecule has 0 aliphatic rings. The molecule has 2 rings (SSSR count). The van der Waals surface area contributed by atoms with Gasteiger partial charge in [-0.2, -0.15) is 0 Å². The summed E-state index contributed by atoms with van der Waals surface area (Å²) in [4.78, 5) is 17.9. The van der Waals surface area contributed by atoms with Crippen LogP contribution >= 0.6 is 0 Å². The van der Waals surface area contributed by atoms with Crippen molar-refractivity contribution in [3.05, 3.63) is 59.7 Å².